The number of nitrogens with zero attached hydrogens (tertiary/aromatic N) is 1. The first-order chi connectivity index (χ1) is 10.3. The Hall–Kier alpha value is -1.13. The van der Waals surface area contributed by atoms with E-state index in [1.165, 1.54) is 44.2 Å². The van der Waals surface area contributed by atoms with Gasteiger partial charge in [-0.25, -0.2) is 0 Å². The maximum Gasteiger partial charge on any atom is 0.177 e. The van der Waals surface area contributed by atoms with Crippen LogP contribution < -0.4 is 10.2 Å². The SMILES string of the molecule is S=C1NC[NH+](CCc2ccccc2)CN1C1CCCCC1. The summed E-state index contributed by atoms with van der Waals surface area (Å²) in [5.74, 6) is 0. The van der Waals surface area contributed by atoms with Crippen molar-refractivity contribution in [1.82, 2.24) is 10.2 Å². The summed E-state index contributed by atoms with van der Waals surface area (Å²) in [5, 5.41) is 4.41. The highest BCUT2D eigenvalue weighted by molar-refractivity contribution is 7.80. The van der Waals surface area contributed by atoms with Crippen LogP contribution in [0.15, 0.2) is 30.3 Å². The number of hydrogen-bond acceptors (Lipinski definition) is 1. The Balaban J connectivity index is 1.54. The average molecular weight is 304 g/mol. The smallest absolute Gasteiger partial charge is 0.177 e. The third kappa shape index (κ3) is 3.95. The largest absolute Gasteiger partial charge is 0.316 e. The maximum absolute atomic E-state index is 5.54. The van der Waals surface area contributed by atoms with Gasteiger partial charge in [-0.3, -0.25) is 4.90 Å². The predicted octanol–water partition coefficient (Wildman–Crippen LogP) is 1.55. The van der Waals surface area contributed by atoms with Crippen LogP contribution in [0.25, 0.3) is 0 Å². The number of hydrogen-bond donors (Lipinski definition) is 2. The molecule has 1 aromatic rings. The highest BCUT2D eigenvalue weighted by Gasteiger charge is 2.30. The van der Waals surface area contributed by atoms with Gasteiger partial charge in [-0.15, -0.1) is 0 Å². The summed E-state index contributed by atoms with van der Waals surface area (Å²) < 4.78 is 0. The van der Waals surface area contributed by atoms with Crippen molar-refractivity contribution in [3.8, 4) is 0 Å². The first kappa shape index (κ1) is 14.8. The molecular weight excluding hydrogens is 278 g/mol. The molecule has 1 heterocycles. The molecule has 4 heteroatoms. The van der Waals surface area contributed by atoms with Crippen molar-refractivity contribution in [2.24, 2.45) is 0 Å². The molecule has 2 fully saturated rings. The zero-order chi connectivity index (χ0) is 14.5. The minimum absolute atomic E-state index is 0.672. The summed E-state index contributed by atoms with van der Waals surface area (Å²) in [6.07, 6.45) is 7.89. The summed E-state index contributed by atoms with van der Waals surface area (Å²) in [6, 6.07) is 11.5. The lowest BCUT2D eigenvalue weighted by Gasteiger charge is -2.41. The standard InChI is InChI=1S/C17H25N3S/c21-17-18-13-19(12-11-15-7-3-1-4-8-15)14-20(17)16-9-5-2-6-10-16/h1,3-4,7-8,16H,2,5-6,9-14H2,(H,18,21)/p+1. The van der Waals surface area contributed by atoms with Crippen LogP contribution in [-0.4, -0.2) is 35.9 Å². The molecule has 0 bridgehead atoms. The van der Waals surface area contributed by atoms with Crippen LogP contribution in [-0.2, 0) is 6.42 Å². The van der Waals surface area contributed by atoms with Gasteiger partial charge in [0.1, 0.15) is 0 Å². The summed E-state index contributed by atoms with van der Waals surface area (Å²) in [7, 11) is 0. The van der Waals surface area contributed by atoms with Gasteiger partial charge in [0.2, 0.25) is 0 Å². The molecule has 114 valence electrons. The molecule has 2 N–H and O–H groups in total. The Morgan fingerprint density at radius 3 is 2.67 bits per heavy atom. The van der Waals surface area contributed by atoms with E-state index in [1.807, 2.05) is 0 Å². The zero-order valence-corrected chi connectivity index (χ0v) is 13.5. The molecule has 21 heavy (non-hydrogen) atoms. The van der Waals surface area contributed by atoms with Crippen LogP contribution in [0.3, 0.4) is 0 Å². The van der Waals surface area contributed by atoms with Gasteiger partial charge < -0.3 is 10.2 Å². The third-order valence-corrected chi connectivity index (χ3v) is 5.15. The van der Waals surface area contributed by atoms with Crippen LogP contribution in [0.5, 0.6) is 0 Å². The monoisotopic (exact) mass is 304 g/mol. The van der Waals surface area contributed by atoms with Crippen molar-refractivity contribution in [2.45, 2.75) is 44.6 Å². The Morgan fingerprint density at radius 1 is 1.14 bits per heavy atom. The van der Waals surface area contributed by atoms with E-state index in [2.05, 4.69) is 40.5 Å². The minimum Gasteiger partial charge on any atom is -0.316 e. The molecule has 1 aromatic carbocycles. The normalized spacial score (nSPS) is 23.9. The van der Waals surface area contributed by atoms with Gasteiger partial charge in [-0.2, -0.15) is 0 Å². The number of nitrogens with one attached hydrogen (secondary N) is 2. The topological polar surface area (TPSA) is 19.7 Å². The Kier molecular flexibility index (Phi) is 5.09. The molecule has 0 spiro atoms. The molecule has 3 nitrogen and oxygen atoms in total. The molecule has 0 radical (unpaired) electrons. The number of benzene rings is 1. The van der Waals surface area contributed by atoms with Crippen molar-refractivity contribution >= 4 is 17.3 Å². The minimum atomic E-state index is 0.672. The van der Waals surface area contributed by atoms with Crippen LogP contribution in [0.4, 0.5) is 0 Å². The molecule has 0 aromatic heterocycles. The van der Waals surface area contributed by atoms with Gasteiger partial charge in [0.25, 0.3) is 0 Å². The lowest BCUT2D eigenvalue weighted by molar-refractivity contribution is -0.914. The van der Waals surface area contributed by atoms with E-state index in [0.29, 0.717) is 6.04 Å². The molecular formula is C17H26N3S+. The van der Waals surface area contributed by atoms with E-state index in [9.17, 15) is 0 Å². The van der Waals surface area contributed by atoms with Crippen LogP contribution in [0.1, 0.15) is 37.7 Å². The highest BCUT2D eigenvalue weighted by Crippen LogP contribution is 2.22. The second kappa shape index (κ2) is 7.23. The molecule has 1 aliphatic heterocycles. The first-order valence-corrected chi connectivity index (χ1v) is 8.66. The van der Waals surface area contributed by atoms with Crippen LogP contribution in [0, 0.1) is 0 Å². The zero-order valence-electron chi connectivity index (χ0n) is 12.7. The van der Waals surface area contributed by atoms with Crippen LogP contribution in [0.2, 0.25) is 0 Å². The van der Waals surface area contributed by atoms with Gasteiger partial charge in [0.05, 0.1) is 6.54 Å². The average Bonchev–Trinajstić information content (AvgIpc) is 2.56. The van der Waals surface area contributed by atoms with E-state index < -0.39 is 0 Å². The summed E-state index contributed by atoms with van der Waals surface area (Å²) in [5.41, 5.74) is 1.43. The van der Waals surface area contributed by atoms with Crippen molar-refractivity contribution in [2.75, 3.05) is 19.9 Å². The summed E-state index contributed by atoms with van der Waals surface area (Å²) in [4.78, 5) is 4.05. The fraction of sp³-hybridized carbons (Fsp3) is 0.588. The Labute approximate surface area is 133 Å². The first-order valence-electron chi connectivity index (χ1n) is 8.25. The second-order valence-electron chi connectivity index (χ2n) is 6.31. The maximum atomic E-state index is 5.54. The van der Waals surface area contributed by atoms with Gasteiger partial charge in [-0.05, 0) is 30.6 Å². The molecule has 1 saturated heterocycles. The fourth-order valence-corrected chi connectivity index (χ4v) is 3.78. The van der Waals surface area contributed by atoms with E-state index in [4.69, 9.17) is 12.2 Å². The van der Waals surface area contributed by atoms with E-state index in [1.54, 1.807) is 4.90 Å². The second-order valence-corrected chi connectivity index (χ2v) is 6.70. The van der Waals surface area contributed by atoms with Crippen molar-refractivity contribution < 1.29 is 4.90 Å². The van der Waals surface area contributed by atoms with Crippen molar-refractivity contribution in [1.29, 1.82) is 0 Å². The lowest BCUT2D eigenvalue weighted by Crippen LogP contribution is -3.17. The molecule has 3 rings (SSSR count). The van der Waals surface area contributed by atoms with E-state index in [-0.39, 0.29) is 0 Å². The number of thiocarbonyl (C=S) groups is 1. The Morgan fingerprint density at radius 2 is 1.90 bits per heavy atom. The molecule has 1 atom stereocenters. The Bertz CT molecular complexity index is 456. The quantitative estimate of drug-likeness (QED) is 0.824. The molecule has 1 aliphatic carbocycles. The molecule has 0 amide bonds. The lowest BCUT2D eigenvalue weighted by atomic mass is 9.94. The third-order valence-electron chi connectivity index (χ3n) is 4.77. The van der Waals surface area contributed by atoms with Gasteiger partial charge >= 0.3 is 0 Å². The van der Waals surface area contributed by atoms with E-state index in [0.717, 1.165) is 24.9 Å². The fourth-order valence-electron chi connectivity index (χ4n) is 3.49. The number of rotatable bonds is 4. The van der Waals surface area contributed by atoms with Crippen LogP contribution >= 0.6 is 12.2 Å². The predicted molar refractivity (Wildman–Crippen MR) is 90.2 cm³/mol. The number of quaternary nitrogens is 1. The summed E-state index contributed by atoms with van der Waals surface area (Å²) in [6.45, 7) is 3.21. The van der Waals surface area contributed by atoms with Crippen molar-refractivity contribution in [3.63, 3.8) is 0 Å². The highest BCUT2D eigenvalue weighted by atomic mass is 32.1. The van der Waals surface area contributed by atoms with Crippen molar-refractivity contribution in [3.05, 3.63) is 35.9 Å². The molecule has 1 saturated carbocycles. The molecule has 2 aliphatic rings. The van der Waals surface area contributed by atoms with Gasteiger partial charge in [-0.1, -0.05) is 49.6 Å². The van der Waals surface area contributed by atoms with Gasteiger partial charge in [0.15, 0.2) is 18.4 Å². The van der Waals surface area contributed by atoms with Gasteiger partial charge in [0, 0.05) is 12.5 Å². The molecule has 1 unspecified atom stereocenters. The van der Waals surface area contributed by atoms with E-state index >= 15 is 0 Å². The summed E-state index contributed by atoms with van der Waals surface area (Å²) >= 11 is 5.54.